The van der Waals surface area contributed by atoms with Crippen LogP contribution in [-0.4, -0.2) is 82.3 Å². The number of carbonyl (C=O) groups is 1. The number of halogens is 2. The predicted octanol–water partition coefficient (Wildman–Crippen LogP) is 5.21. The maximum Gasteiger partial charge on any atom is 0.265 e. The molecule has 0 bridgehead atoms. The summed E-state index contributed by atoms with van der Waals surface area (Å²) >= 11 is 12.7. The van der Waals surface area contributed by atoms with E-state index in [4.69, 9.17) is 23.2 Å². The van der Waals surface area contributed by atoms with Crippen molar-refractivity contribution in [1.82, 2.24) is 14.9 Å². The van der Waals surface area contributed by atoms with Crippen molar-refractivity contribution in [3.63, 3.8) is 0 Å². The van der Waals surface area contributed by atoms with Gasteiger partial charge in [-0.1, -0.05) is 29.3 Å². The van der Waals surface area contributed by atoms with Crippen LogP contribution < -0.4 is 20.0 Å². The van der Waals surface area contributed by atoms with Crippen LogP contribution in [0.5, 0.6) is 0 Å². The van der Waals surface area contributed by atoms with Crippen molar-refractivity contribution >= 4 is 68.5 Å². The number of hydrogen-bond acceptors (Lipinski definition) is 9. The summed E-state index contributed by atoms with van der Waals surface area (Å²) in [5.74, 6) is 1.36. The van der Waals surface area contributed by atoms with Gasteiger partial charge in [-0.15, -0.1) is 0 Å². The van der Waals surface area contributed by atoms with Gasteiger partial charge in [0.1, 0.15) is 11.4 Å². The molecule has 0 spiro atoms. The molecule has 1 amide bonds. The maximum absolute atomic E-state index is 13.4. The zero-order chi connectivity index (χ0) is 27.9. The highest BCUT2D eigenvalue weighted by Crippen LogP contribution is 2.42. The molecule has 3 aromatic rings. The van der Waals surface area contributed by atoms with Gasteiger partial charge in [0.25, 0.3) is 5.91 Å². The summed E-state index contributed by atoms with van der Waals surface area (Å²) in [6.45, 7) is 2.13. The minimum Gasteiger partial charge on any atom is -0.368 e. The fourth-order valence-corrected chi connectivity index (χ4v) is 6.65. The largest absolute Gasteiger partial charge is 0.368 e. The molecule has 0 saturated carbocycles. The van der Waals surface area contributed by atoms with Gasteiger partial charge in [0.05, 0.1) is 33.9 Å². The average molecular weight is 593 g/mol. The number of nitrogens with zero attached hydrogens (tertiary/aromatic N) is 6. The lowest BCUT2D eigenvalue weighted by molar-refractivity contribution is 0.0982. The van der Waals surface area contributed by atoms with Gasteiger partial charge in [0, 0.05) is 44.3 Å². The molecule has 5 rings (SSSR count). The van der Waals surface area contributed by atoms with E-state index in [1.165, 1.54) is 11.1 Å². The summed E-state index contributed by atoms with van der Waals surface area (Å²) in [4.78, 5) is 30.1. The maximum atomic E-state index is 13.4. The lowest BCUT2D eigenvalue weighted by Gasteiger charge is -2.42. The number of nitrogens with one attached hydrogen (secondary N) is 1. The molecule has 2 aliphatic rings. The fourth-order valence-electron chi connectivity index (χ4n) is 4.82. The van der Waals surface area contributed by atoms with Crippen molar-refractivity contribution in [2.75, 3.05) is 72.4 Å². The Balaban J connectivity index is 1.39. The molecule has 208 valence electrons. The Morgan fingerprint density at radius 1 is 1.10 bits per heavy atom. The van der Waals surface area contributed by atoms with Crippen molar-refractivity contribution in [2.45, 2.75) is 6.54 Å². The number of hydrogen-bond donors (Lipinski definition) is 3. The van der Waals surface area contributed by atoms with Gasteiger partial charge in [-0.25, -0.2) is 4.98 Å². The molecule has 10 nitrogen and oxygen atoms in total. The second-order valence-electron chi connectivity index (χ2n) is 9.98. The van der Waals surface area contributed by atoms with Crippen LogP contribution in [0.1, 0.15) is 15.9 Å². The van der Waals surface area contributed by atoms with Crippen molar-refractivity contribution < 1.29 is 13.9 Å². The second-order valence-corrected chi connectivity index (χ2v) is 13.2. The summed E-state index contributed by atoms with van der Waals surface area (Å²) < 4.78 is 20.0. The van der Waals surface area contributed by atoms with E-state index in [9.17, 15) is 13.9 Å². The number of rotatable bonds is 6. The molecule has 0 atom stereocenters. The Labute approximate surface area is 239 Å². The Morgan fingerprint density at radius 3 is 2.46 bits per heavy atom. The zero-order valence-corrected chi connectivity index (χ0v) is 24.3. The molecule has 0 unspecified atom stereocenters. The Hall–Kier alpha value is -2.80. The van der Waals surface area contributed by atoms with Crippen molar-refractivity contribution in [3.8, 4) is 0 Å². The van der Waals surface area contributed by atoms with Gasteiger partial charge < -0.3 is 20.0 Å². The van der Waals surface area contributed by atoms with Gasteiger partial charge in [-0.2, -0.15) is 15.6 Å². The van der Waals surface area contributed by atoms with E-state index in [1.54, 1.807) is 18.2 Å². The van der Waals surface area contributed by atoms with Crippen LogP contribution in [0.15, 0.2) is 42.6 Å². The third-order valence-electron chi connectivity index (χ3n) is 6.71. The molecule has 1 fully saturated rings. The van der Waals surface area contributed by atoms with E-state index in [0.717, 1.165) is 16.9 Å². The van der Waals surface area contributed by atoms with Gasteiger partial charge >= 0.3 is 0 Å². The van der Waals surface area contributed by atoms with Crippen LogP contribution in [0.25, 0.3) is 0 Å². The highest BCUT2D eigenvalue weighted by atomic mass is 35.5. The number of benzene rings is 2. The first-order chi connectivity index (χ1) is 18.5. The lowest BCUT2D eigenvalue weighted by Crippen LogP contribution is -2.46. The second kappa shape index (κ2) is 11.0. The van der Waals surface area contributed by atoms with E-state index in [-0.39, 0.29) is 12.6 Å². The Bertz CT molecular complexity index is 1380. The average Bonchev–Trinajstić information content (AvgIpc) is 2.87. The standard InChI is InChI=1S/C26H31Cl2N7O3S/c1-32(2)15-17-13-18(7-8-22(17)34-9-11-39(37,38)12-10-34)30-26-29-14-19-24(31-26)33(3)16-35(25(19)36)23-20(27)5-4-6-21(23)28/h4-8,13-14,37-38H,9-12,15-16H2,1-3H3,(H,29,30,31). The summed E-state index contributed by atoms with van der Waals surface area (Å²) in [7, 11) is 3.39. The van der Waals surface area contributed by atoms with Crippen molar-refractivity contribution in [1.29, 1.82) is 0 Å². The van der Waals surface area contributed by atoms with Gasteiger partial charge in [0.15, 0.2) is 0 Å². The minimum atomic E-state index is -2.47. The summed E-state index contributed by atoms with van der Waals surface area (Å²) in [6.07, 6.45) is 1.52. The van der Waals surface area contributed by atoms with Gasteiger partial charge in [0.2, 0.25) is 5.95 Å². The SMILES string of the molecule is CN(C)Cc1cc(Nc2ncc3c(n2)N(C)CN(c2c(Cl)cccc2Cl)C3=O)ccc1N1CCS(O)(O)CC1. The Kier molecular flexibility index (Phi) is 7.82. The molecule has 0 aliphatic carbocycles. The molecule has 13 heteroatoms. The molecule has 3 heterocycles. The minimum absolute atomic E-state index is 0.230. The third kappa shape index (κ3) is 5.88. The van der Waals surface area contributed by atoms with Crippen molar-refractivity contribution in [3.05, 3.63) is 63.8 Å². The van der Waals surface area contributed by atoms with Crippen LogP contribution in [0.2, 0.25) is 10.0 Å². The number of aromatic nitrogens is 2. The van der Waals surface area contributed by atoms with E-state index in [0.29, 0.717) is 64.2 Å². The van der Waals surface area contributed by atoms with Crippen LogP contribution in [0, 0.1) is 0 Å². The smallest absolute Gasteiger partial charge is 0.265 e. The number of anilines is 5. The molecule has 1 aromatic heterocycles. The fraction of sp³-hybridized carbons (Fsp3) is 0.346. The summed E-state index contributed by atoms with van der Waals surface area (Å²) in [6, 6.07) is 11.2. The first-order valence-electron chi connectivity index (χ1n) is 12.4. The topological polar surface area (TPSA) is 108 Å². The highest BCUT2D eigenvalue weighted by Gasteiger charge is 2.33. The molecular weight excluding hydrogens is 561 g/mol. The summed E-state index contributed by atoms with van der Waals surface area (Å²) in [5.41, 5.74) is 3.79. The van der Waals surface area contributed by atoms with Gasteiger partial charge in [-0.05, 0) is 50.0 Å². The number of amides is 1. The molecule has 2 aromatic carbocycles. The quantitative estimate of drug-likeness (QED) is 0.355. The van der Waals surface area contributed by atoms with Crippen LogP contribution in [-0.2, 0) is 6.54 Å². The lowest BCUT2D eigenvalue weighted by atomic mass is 10.1. The van der Waals surface area contributed by atoms with Gasteiger partial charge in [-0.3, -0.25) is 18.8 Å². The number of carbonyl (C=O) groups excluding carboxylic acids is 1. The first-order valence-corrected chi connectivity index (χ1v) is 15.0. The number of para-hydroxylation sites is 1. The first kappa shape index (κ1) is 27.8. The zero-order valence-electron chi connectivity index (χ0n) is 21.9. The van der Waals surface area contributed by atoms with E-state index >= 15 is 0 Å². The highest BCUT2D eigenvalue weighted by molar-refractivity contribution is 8.24. The van der Waals surface area contributed by atoms with Crippen LogP contribution in [0.4, 0.5) is 28.8 Å². The third-order valence-corrected chi connectivity index (χ3v) is 8.99. The normalized spacial score (nSPS) is 17.8. The van der Waals surface area contributed by atoms with E-state index < -0.39 is 10.6 Å². The number of fused-ring (bicyclic) bond motifs is 1. The predicted molar refractivity (Wildman–Crippen MR) is 160 cm³/mol. The van der Waals surface area contributed by atoms with E-state index in [2.05, 4.69) is 31.2 Å². The van der Waals surface area contributed by atoms with Crippen LogP contribution in [0.3, 0.4) is 0 Å². The van der Waals surface area contributed by atoms with Crippen LogP contribution >= 0.6 is 33.8 Å². The van der Waals surface area contributed by atoms with Crippen molar-refractivity contribution in [2.24, 2.45) is 0 Å². The molecular formula is C26H31Cl2N7O3S. The Morgan fingerprint density at radius 2 is 1.79 bits per heavy atom. The molecule has 1 saturated heterocycles. The summed E-state index contributed by atoms with van der Waals surface area (Å²) in [5, 5.41) is 4.06. The monoisotopic (exact) mass is 591 g/mol. The molecule has 39 heavy (non-hydrogen) atoms. The molecule has 3 N–H and O–H groups in total. The molecule has 0 radical (unpaired) electrons. The molecule has 2 aliphatic heterocycles. The van der Waals surface area contributed by atoms with E-state index in [1.807, 2.05) is 38.2 Å².